The fraction of sp³-hybridized carbons (Fsp3) is 0.965. The first-order valence-electron chi connectivity index (χ1n) is 28.8. The smallest absolute Gasteiger partial charge is 0.305 e. The van der Waals surface area contributed by atoms with Crippen LogP contribution in [-0.4, -0.2) is 47.4 Å². The second-order valence-corrected chi connectivity index (χ2v) is 20.0. The molecule has 0 radical (unpaired) electrons. The first kappa shape index (κ1) is 61.9. The highest BCUT2D eigenvalue weighted by molar-refractivity contribution is 5.76. The van der Waals surface area contributed by atoms with Crippen LogP contribution in [0.3, 0.4) is 0 Å². The lowest BCUT2D eigenvalue weighted by molar-refractivity contribution is -0.143. The van der Waals surface area contributed by atoms with Gasteiger partial charge in [0.2, 0.25) is 5.91 Å². The third-order valence-corrected chi connectivity index (χ3v) is 13.7. The Bertz CT molecular complexity index is 898. The Labute approximate surface area is 394 Å². The molecule has 0 aliphatic heterocycles. The molecule has 6 heteroatoms. The van der Waals surface area contributed by atoms with Gasteiger partial charge in [-0.15, -0.1) is 0 Å². The average Bonchev–Trinajstić information content (AvgIpc) is 3.28. The van der Waals surface area contributed by atoms with E-state index in [0.717, 1.165) is 57.8 Å². The van der Waals surface area contributed by atoms with Gasteiger partial charge in [-0.3, -0.25) is 9.59 Å². The van der Waals surface area contributed by atoms with Crippen LogP contribution in [0.4, 0.5) is 0 Å². The van der Waals surface area contributed by atoms with Gasteiger partial charge in [0, 0.05) is 12.8 Å². The van der Waals surface area contributed by atoms with Crippen molar-refractivity contribution >= 4 is 11.9 Å². The summed E-state index contributed by atoms with van der Waals surface area (Å²) < 4.78 is 5.45. The highest BCUT2D eigenvalue weighted by Gasteiger charge is 2.20. The van der Waals surface area contributed by atoms with Crippen LogP contribution in [0.5, 0.6) is 0 Å². The van der Waals surface area contributed by atoms with E-state index in [1.165, 1.54) is 238 Å². The molecule has 6 nitrogen and oxygen atoms in total. The summed E-state index contributed by atoms with van der Waals surface area (Å²) in [5.74, 6) is -0.0794. The van der Waals surface area contributed by atoms with Crippen molar-refractivity contribution in [1.82, 2.24) is 5.32 Å². The molecular weight excluding hydrogens is 779 g/mol. The Morgan fingerprint density at radius 2 is 0.651 bits per heavy atom. The van der Waals surface area contributed by atoms with E-state index in [4.69, 9.17) is 4.74 Å². The fourth-order valence-corrected chi connectivity index (χ4v) is 9.23. The van der Waals surface area contributed by atoms with Gasteiger partial charge in [-0.05, 0) is 25.7 Å². The maximum Gasteiger partial charge on any atom is 0.305 e. The number of unbranched alkanes of at least 4 members (excludes halogenated alkanes) is 43. The summed E-state index contributed by atoms with van der Waals surface area (Å²) >= 11 is 0. The third-order valence-electron chi connectivity index (χ3n) is 13.7. The monoisotopic (exact) mass is 892 g/mol. The van der Waals surface area contributed by atoms with Crippen LogP contribution in [0.1, 0.15) is 328 Å². The highest BCUT2D eigenvalue weighted by atomic mass is 16.5. The van der Waals surface area contributed by atoms with Crippen molar-refractivity contribution in [2.24, 2.45) is 0 Å². The molecule has 0 aromatic heterocycles. The van der Waals surface area contributed by atoms with E-state index in [1.54, 1.807) is 0 Å². The summed E-state index contributed by atoms with van der Waals surface area (Å²) in [5.41, 5.74) is 0. The summed E-state index contributed by atoms with van der Waals surface area (Å²) in [4.78, 5) is 24.5. The predicted octanol–water partition coefficient (Wildman–Crippen LogP) is 17.5. The number of nitrogens with one attached hydrogen (secondary N) is 1. The Morgan fingerprint density at radius 1 is 0.381 bits per heavy atom. The summed E-state index contributed by atoms with van der Waals surface area (Å²) in [7, 11) is 0. The maximum absolute atomic E-state index is 12.5. The quantitative estimate of drug-likeness (QED) is 0.0418. The van der Waals surface area contributed by atoms with Gasteiger partial charge in [0.25, 0.3) is 0 Å². The Hall–Kier alpha value is -1.14. The molecule has 1 amide bonds. The molecule has 0 aromatic rings. The number of aliphatic hydroxyl groups excluding tert-OH is 2. The topological polar surface area (TPSA) is 95.9 Å². The largest absolute Gasteiger partial charge is 0.466 e. The number of carbonyl (C=O) groups excluding carboxylic acids is 2. The standard InChI is InChI=1S/C57H113NO5/c1-3-5-7-9-11-13-15-17-18-19-20-21-22-23-24-25-26-27-29-30-33-37-41-45-49-55(60)54(53-59)58-56(61)50-46-42-38-34-32-36-40-44-48-52-63-57(62)51-47-43-39-35-31-28-16-14-12-10-8-6-4-2/h54-55,59-60H,3-53H2,1-2H3,(H,58,61). The number of carbonyl (C=O) groups is 2. The number of esters is 1. The molecule has 0 aromatic carbocycles. The predicted molar refractivity (Wildman–Crippen MR) is 274 cm³/mol. The van der Waals surface area contributed by atoms with Crippen molar-refractivity contribution in [3.63, 3.8) is 0 Å². The minimum absolute atomic E-state index is 0.0218. The second kappa shape index (κ2) is 53.5. The van der Waals surface area contributed by atoms with E-state index in [-0.39, 0.29) is 18.5 Å². The van der Waals surface area contributed by atoms with Crippen molar-refractivity contribution in [3.8, 4) is 0 Å². The lowest BCUT2D eigenvalue weighted by atomic mass is 10.0. The molecule has 2 unspecified atom stereocenters. The molecule has 2 atom stereocenters. The summed E-state index contributed by atoms with van der Waals surface area (Å²) in [5, 5.41) is 23.3. The number of aliphatic hydroxyl groups is 2. The van der Waals surface area contributed by atoms with Gasteiger partial charge in [-0.2, -0.15) is 0 Å². The molecular formula is C57H113NO5. The number of amides is 1. The average molecular weight is 893 g/mol. The number of hydrogen-bond donors (Lipinski definition) is 3. The van der Waals surface area contributed by atoms with E-state index in [2.05, 4.69) is 19.2 Å². The molecule has 0 rings (SSSR count). The molecule has 0 saturated carbocycles. The van der Waals surface area contributed by atoms with Crippen molar-refractivity contribution in [2.75, 3.05) is 13.2 Å². The van der Waals surface area contributed by atoms with Crippen LogP contribution in [0.15, 0.2) is 0 Å². The normalized spacial score (nSPS) is 12.5. The van der Waals surface area contributed by atoms with Crippen LogP contribution in [-0.2, 0) is 14.3 Å². The second-order valence-electron chi connectivity index (χ2n) is 20.0. The van der Waals surface area contributed by atoms with E-state index in [9.17, 15) is 19.8 Å². The Kier molecular flexibility index (Phi) is 52.5. The lowest BCUT2D eigenvalue weighted by Gasteiger charge is -2.22. The lowest BCUT2D eigenvalue weighted by Crippen LogP contribution is -2.45. The maximum atomic E-state index is 12.5. The molecule has 0 fully saturated rings. The molecule has 376 valence electrons. The molecule has 63 heavy (non-hydrogen) atoms. The zero-order valence-corrected chi connectivity index (χ0v) is 42.8. The van der Waals surface area contributed by atoms with Crippen LogP contribution >= 0.6 is 0 Å². The molecule has 0 saturated heterocycles. The van der Waals surface area contributed by atoms with Crippen LogP contribution in [0.2, 0.25) is 0 Å². The summed E-state index contributed by atoms with van der Waals surface area (Å²) in [6.07, 6.45) is 60.9. The SMILES string of the molecule is CCCCCCCCCCCCCCCCCCCCCCCCCCC(O)C(CO)NC(=O)CCCCCCCCCCCOC(=O)CCCCCCCCCCCCCCC. The first-order valence-corrected chi connectivity index (χ1v) is 28.8. The van der Waals surface area contributed by atoms with Crippen molar-refractivity contribution in [2.45, 2.75) is 341 Å². The summed E-state index contributed by atoms with van der Waals surface area (Å²) in [6.45, 7) is 4.92. The molecule has 0 heterocycles. The number of hydrogen-bond acceptors (Lipinski definition) is 5. The van der Waals surface area contributed by atoms with E-state index >= 15 is 0 Å². The van der Waals surface area contributed by atoms with Gasteiger partial charge >= 0.3 is 5.97 Å². The number of rotatable bonds is 54. The van der Waals surface area contributed by atoms with E-state index in [0.29, 0.717) is 25.9 Å². The summed E-state index contributed by atoms with van der Waals surface area (Å²) in [6, 6.07) is -0.561. The Balaban J connectivity index is 3.45. The molecule has 3 N–H and O–H groups in total. The van der Waals surface area contributed by atoms with E-state index in [1.807, 2.05) is 0 Å². The van der Waals surface area contributed by atoms with Gasteiger partial charge < -0.3 is 20.3 Å². The minimum Gasteiger partial charge on any atom is -0.466 e. The van der Waals surface area contributed by atoms with Gasteiger partial charge in [0.1, 0.15) is 0 Å². The van der Waals surface area contributed by atoms with Gasteiger partial charge in [-0.25, -0.2) is 0 Å². The van der Waals surface area contributed by atoms with Crippen LogP contribution < -0.4 is 5.32 Å². The minimum atomic E-state index is -0.681. The zero-order chi connectivity index (χ0) is 45.8. The molecule has 0 bridgehead atoms. The van der Waals surface area contributed by atoms with Crippen molar-refractivity contribution in [3.05, 3.63) is 0 Å². The van der Waals surface area contributed by atoms with Crippen molar-refractivity contribution < 1.29 is 24.5 Å². The fourth-order valence-electron chi connectivity index (χ4n) is 9.23. The van der Waals surface area contributed by atoms with Crippen molar-refractivity contribution in [1.29, 1.82) is 0 Å². The highest BCUT2D eigenvalue weighted by Crippen LogP contribution is 2.18. The van der Waals surface area contributed by atoms with Gasteiger partial charge in [0.05, 0.1) is 25.4 Å². The Morgan fingerprint density at radius 3 is 0.968 bits per heavy atom. The molecule has 0 spiro atoms. The van der Waals surface area contributed by atoms with E-state index < -0.39 is 12.1 Å². The van der Waals surface area contributed by atoms with Crippen LogP contribution in [0.25, 0.3) is 0 Å². The molecule has 0 aliphatic rings. The third kappa shape index (κ3) is 50.1. The zero-order valence-electron chi connectivity index (χ0n) is 42.8. The number of ether oxygens (including phenoxy) is 1. The van der Waals surface area contributed by atoms with Gasteiger partial charge in [-0.1, -0.05) is 290 Å². The first-order chi connectivity index (χ1) is 31.0. The van der Waals surface area contributed by atoms with Crippen LogP contribution in [0, 0.1) is 0 Å². The molecule has 0 aliphatic carbocycles. The van der Waals surface area contributed by atoms with Gasteiger partial charge in [0.15, 0.2) is 0 Å².